The van der Waals surface area contributed by atoms with E-state index >= 15 is 0 Å². The number of ether oxygens (including phenoxy) is 1. The molecule has 2 heterocycles. The fraction of sp³-hybridized carbons (Fsp3) is 0.241. The summed E-state index contributed by atoms with van der Waals surface area (Å²) in [7, 11) is 1.57. The number of anilines is 1. The van der Waals surface area contributed by atoms with Crippen LogP contribution in [0.3, 0.4) is 0 Å². The summed E-state index contributed by atoms with van der Waals surface area (Å²) in [5.74, 6) is 0.0789. The third-order valence-electron chi connectivity index (χ3n) is 6.44. The van der Waals surface area contributed by atoms with E-state index in [2.05, 4.69) is 41.5 Å². The van der Waals surface area contributed by atoms with Gasteiger partial charge in [0.05, 0.1) is 18.9 Å². The Morgan fingerprint density at radius 3 is 2.59 bits per heavy atom. The normalized spacial score (nSPS) is 19.0. The second-order valence-corrected chi connectivity index (χ2v) is 10.1. The van der Waals surface area contributed by atoms with Gasteiger partial charge >= 0.3 is 0 Å². The molecule has 8 heteroatoms. The van der Waals surface area contributed by atoms with Crippen molar-refractivity contribution in [3.63, 3.8) is 0 Å². The van der Waals surface area contributed by atoms with E-state index in [1.54, 1.807) is 31.4 Å². The average molecular weight is 513 g/mol. The summed E-state index contributed by atoms with van der Waals surface area (Å²) in [6.45, 7) is 2.13. The number of rotatable bonds is 7. The molecule has 37 heavy (non-hydrogen) atoms. The van der Waals surface area contributed by atoms with Crippen LogP contribution in [-0.2, 0) is 16.0 Å². The van der Waals surface area contributed by atoms with Gasteiger partial charge in [-0.2, -0.15) is 10.1 Å². The molecule has 2 atom stereocenters. The Hall–Kier alpha value is -3.91. The quantitative estimate of drug-likeness (QED) is 0.456. The summed E-state index contributed by atoms with van der Waals surface area (Å²) in [4.78, 5) is 29.9. The minimum Gasteiger partial charge on any atom is -0.497 e. The molecule has 2 aliphatic heterocycles. The molecular weight excluding hydrogens is 484 g/mol. The molecule has 0 aliphatic carbocycles. The smallest absolute Gasteiger partial charge is 0.262 e. The zero-order valence-corrected chi connectivity index (χ0v) is 21.6. The standard InChI is InChI=1S/C29H28N4O3S/c1-3-19-12-14-21(15-13-19)25-17-24(20-8-5-4-6-9-20)32-33(25)29-31-28(35)26(37-29)18-27(34)30-22-10-7-11-23(16-22)36-2/h4-16,25-26H,3,17-18H2,1-2H3,(H,30,34)/t25-,26-/m0/s1. The second-order valence-electron chi connectivity index (χ2n) is 8.90. The van der Waals surface area contributed by atoms with Gasteiger partial charge in [0, 0.05) is 24.6 Å². The Kier molecular flexibility index (Phi) is 7.37. The summed E-state index contributed by atoms with van der Waals surface area (Å²) in [5, 5.41) is 9.54. The highest BCUT2D eigenvalue weighted by molar-refractivity contribution is 8.15. The maximum Gasteiger partial charge on any atom is 0.262 e. The number of aliphatic imine (C=N–C) groups is 1. The lowest BCUT2D eigenvalue weighted by Gasteiger charge is -2.23. The highest BCUT2D eigenvalue weighted by Crippen LogP contribution is 2.38. The average Bonchev–Trinajstić information content (AvgIpc) is 3.53. The van der Waals surface area contributed by atoms with Crippen LogP contribution in [0.2, 0.25) is 0 Å². The van der Waals surface area contributed by atoms with Gasteiger partial charge in [-0.25, -0.2) is 5.01 Å². The van der Waals surface area contributed by atoms with Gasteiger partial charge < -0.3 is 10.1 Å². The molecular formula is C29H28N4O3S. The van der Waals surface area contributed by atoms with Crippen LogP contribution >= 0.6 is 11.8 Å². The maximum atomic E-state index is 12.8. The zero-order valence-electron chi connectivity index (χ0n) is 20.8. The number of thioether (sulfide) groups is 1. The van der Waals surface area contributed by atoms with Crippen LogP contribution in [-0.4, -0.2) is 40.1 Å². The minimum atomic E-state index is -0.597. The number of amides is 2. The fourth-order valence-electron chi connectivity index (χ4n) is 4.41. The van der Waals surface area contributed by atoms with Crippen LogP contribution < -0.4 is 10.1 Å². The molecule has 1 N–H and O–H groups in total. The third-order valence-corrected chi connectivity index (χ3v) is 7.58. The van der Waals surface area contributed by atoms with E-state index in [0.29, 0.717) is 23.0 Å². The molecule has 3 aromatic carbocycles. The van der Waals surface area contributed by atoms with E-state index in [1.165, 1.54) is 17.3 Å². The summed E-state index contributed by atoms with van der Waals surface area (Å²) in [6, 6.07) is 25.6. The van der Waals surface area contributed by atoms with Crippen molar-refractivity contribution < 1.29 is 14.3 Å². The van der Waals surface area contributed by atoms with Crippen molar-refractivity contribution in [2.24, 2.45) is 10.1 Å². The Labute approximate surface area is 220 Å². The lowest BCUT2D eigenvalue weighted by molar-refractivity contribution is -0.121. The van der Waals surface area contributed by atoms with Gasteiger partial charge in [0.15, 0.2) is 5.17 Å². The van der Waals surface area contributed by atoms with Crippen molar-refractivity contribution in [1.82, 2.24) is 5.01 Å². The number of carbonyl (C=O) groups is 2. The number of hydrogen-bond acceptors (Lipinski definition) is 6. The lowest BCUT2D eigenvalue weighted by Crippen LogP contribution is -2.25. The summed E-state index contributed by atoms with van der Waals surface area (Å²) >= 11 is 1.30. The second kappa shape index (κ2) is 11.0. The Morgan fingerprint density at radius 2 is 1.86 bits per heavy atom. The van der Waals surface area contributed by atoms with E-state index in [1.807, 2.05) is 35.3 Å². The number of nitrogens with zero attached hydrogens (tertiary/aromatic N) is 3. The third kappa shape index (κ3) is 5.59. The summed E-state index contributed by atoms with van der Waals surface area (Å²) in [6.07, 6.45) is 1.69. The van der Waals surface area contributed by atoms with E-state index in [-0.39, 0.29) is 24.3 Å². The number of hydrogen-bond donors (Lipinski definition) is 1. The molecule has 0 saturated carbocycles. The Bertz CT molecular complexity index is 1360. The van der Waals surface area contributed by atoms with Gasteiger partial charge in [-0.15, -0.1) is 0 Å². The van der Waals surface area contributed by atoms with Gasteiger partial charge in [0.2, 0.25) is 5.91 Å². The van der Waals surface area contributed by atoms with Gasteiger partial charge in [-0.05, 0) is 35.2 Å². The van der Waals surface area contributed by atoms with Gasteiger partial charge in [0.25, 0.3) is 5.91 Å². The van der Waals surface area contributed by atoms with Crippen LogP contribution in [0.5, 0.6) is 5.75 Å². The van der Waals surface area contributed by atoms with Crippen LogP contribution in [0.15, 0.2) is 89.0 Å². The summed E-state index contributed by atoms with van der Waals surface area (Å²) < 4.78 is 5.21. The molecule has 0 bridgehead atoms. The number of methoxy groups -OCH3 is 1. The first-order chi connectivity index (χ1) is 18.0. The number of hydrazone groups is 1. The van der Waals surface area contributed by atoms with E-state index in [4.69, 9.17) is 9.84 Å². The highest BCUT2D eigenvalue weighted by atomic mass is 32.2. The van der Waals surface area contributed by atoms with Crippen molar-refractivity contribution >= 4 is 40.1 Å². The molecule has 7 nitrogen and oxygen atoms in total. The molecule has 188 valence electrons. The number of carbonyl (C=O) groups excluding carboxylic acids is 2. The number of nitrogens with one attached hydrogen (secondary N) is 1. The van der Waals surface area contributed by atoms with Gasteiger partial charge in [-0.3, -0.25) is 9.59 Å². The molecule has 3 aromatic rings. The number of amidine groups is 1. The fourth-order valence-corrected chi connectivity index (χ4v) is 5.47. The monoisotopic (exact) mass is 512 g/mol. The topological polar surface area (TPSA) is 83.4 Å². The summed E-state index contributed by atoms with van der Waals surface area (Å²) in [5.41, 5.74) is 4.99. The first-order valence-electron chi connectivity index (χ1n) is 12.3. The van der Waals surface area contributed by atoms with Crippen molar-refractivity contribution in [1.29, 1.82) is 0 Å². The first kappa shape index (κ1) is 24.8. The zero-order chi connectivity index (χ0) is 25.8. The molecule has 0 saturated heterocycles. The van der Waals surface area contributed by atoms with E-state index in [0.717, 1.165) is 23.3 Å². The molecule has 0 radical (unpaired) electrons. The van der Waals surface area contributed by atoms with Crippen LogP contribution in [0, 0.1) is 0 Å². The minimum absolute atomic E-state index is 0.0205. The van der Waals surface area contributed by atoms with Crippen molar-refractivity contribution in [3.05, 3.63) is 95.6 Å². The predicted octanol–water partition coefficient (Wildman–Crippen LogP) is 5.44. The molecule has 0 aromatic heterocycles. The maximum absolute atomic E-state index is 12.8. The van der Waals surface area contributed by atoms with Crippen LogP contribution in [0.25, 0.3) is 0 Å². The molecule has 2 aliphatic rings. The van der Waals surface area contributed by atoms with Crippen LogP contribution in [0.1, 0.15) is 42.5 Å². The van der Waals surface area contributed by atoms with E-state index < -0.39 is 5.25 Å². The molecule has 0 fully saturated rings. The number of aryl methyl sites for hydroxylation is 1. The van der Waals surface area contributed by atoms with Crippen molar-refractivity contribution in [3.8, 4) is 5.75 Å². The Balaban J connectivity index is 1.33. The lowest BCUT2D eigenvalue weighted by atomic mass is 9.97. The molecule has 0 unspecified atom stereocenters. The van der Waals surface area contributed by atoms with Gasteiger partial charge in [-0.1, -0.05) is 79.3 Å². The van der Waals surface area contributed by atoms with Crippen LogP contribution in [0.4, 0.5) is 5.69 Å². The molecule has 0 spiro atoms. The van der Waals surface area contributed by atoms with Crippen molar-refractivity contribution in [2.75, 3.05) is 12.4 Å². The molecule has 2 amide bonds. The van der Waals surface area contributed by atoms with Crippen molar-refractivity contribution in [2.45, 2.75) is 37.5 Å². The first-order valence-corrected chi connectivity index (χ1v) is 13.2. The predicted molar refractivity (Wildman–Crippen MR) is 148 cm³/mol. The molecule has 5 rings (SSSR count). The Morgan fingerprint density at radius 1 is 1.08 bits per heavy atom. The largest absolute Gasteiger partial charge is 0.497 e. The number of benzene rings is 3. The highest BCUT2D eigenvalue weighted by Gasteiger charge is 2.39. The van der Waals surface area contributed by atoms with Gasteiger partial charge in [0.1, 0.15) is 11.0 Å². The SMILES string of the molecule is CCc1ccc([C@@H]2CC(c3ccccc3)=NN2C2=NC(=O)[C@H](CC(=O)Nc3cccc(OC)c3)S2)cc1. The van der Waals surface area contributed by atoms with E-state index in [9.17, 15) is 9.59 Å².